The van der Waals surface area contributed by atoms with Gasteiger partial charge in [0.2, 0.25) is 0 Å². The molecule has 1 aromatic carbocycles. The van der Waals surface area contributed by atoms with Crippen LogP contribution >= 0.6 is 0 Å². The third-order valence-electron chi connectivity index (χ3n) is 3.42. The van der Waals surface area contributed by atoms with Gasteiger partial charge in [0.15, 0.2) is 0 Å². The van der Waals surface area contributed by atoms with Crippen LogP contribution in [-0.4, -0.2) is 15.3 Å². The van der Waals surface area contributed by atoms with Gasteiger partial charge in [-0.15, -0.1) is 0 Å². The van der Waals surface area contributed by atoms with Gasteiger partial charge in [0, 0.05) is 24.5 Å². The number of hydrogen-bond donors (Lipinski definition) is 1. The van der Waals surface area contributed by atoms with E-state index in [0.29, 0.717) is 12.1 Å². The smallest absolute Gasteiger partial charge is 0.251 e. The number of aryl methyl sites for hydroxylation is 2. The molecule has 106 valence electrons. The number of rotatable bonds is 3. The predicted molar refractivity (Wildman–Crippen MR) is 82.3 cm³/mol. The third kappa shape index (κ3) is 2.94. The molecule has 0 aliphatic rings. The van der Waals surface area contributed by atoms with Gasteiger partial charge in [-0.2, -0.15) is 0 Å². The van der Waals surface area contributed by atoms with Crippen LogP contribution < -0.4 is 5.32 Å². The zero-order valence-corrected chi connectivity index (χ0v) is 12.1. The minimum absolute atomic E-state index is 0.0845. The highest BCUT2D eigenvalue weighted by Crippen LogP contribution is 2.08. The Balaban J connectivity index is 1.72. The Morgan fingerprint density at radius 1 is 1.19 bits per heavy atom. The van der Waals surface area contributed by atoms with E-state index >= 15 is 0 Å². The van der Waals surface area contributed by atoms with E-state index < -0.39 is 0 Å². The molecule has 2 aromatic heterocycles. The van der Waals surface area contributed by atoms with Gasteiger partial charge < -0.3 is 9.72 Å². The van der Waals surface area contributed by atoms with Crippen LogP contribution in [-0.2, 0) is 6.54 Å². The number of benzene rings is 1. The molecule has 0 atom stereocenters. The van der Waals surface area contributed by atoms with Crippen molar-refractivity contribution in [2.75, 3.05) is 0 Å². The van der Waals surface area contributed by atoms with Crippen molar-refractivity contribution in [2.24, 2.45) is 0 Å². The number of aromatic nitrogens is 2. The first-order chi connectivity index (χ1) is 10.1. The zero-order valence-electron chi connectivity index (χ0n) is 12.1. The summed E-state index contributed by atoms with van der Waals surface area (Å²) in [5.74, 6) is -0.0845. The minimum Gasteiger partial charge on any atom is -0.348 e. The normalized spacial score (nSPS) is 10.8. The van der Waals surface area contributed by atoms with E-state index in [0.717, 1.165) is 16.9 Å². The summed E-state index contributed by atoms with van der Waals surface area (Å²) in [6, 6.07) is 11.7. The number of hydrogen-bond acceptors (Lipinski definition) is 2. The number of fused-ring (bicyclic) bond motifs is 1. The fourth-order valence-electron chi connectivity index (χ4n) is 2.24. The van der Waals surface area contributed by atoms with Crippen LogP contribution in [0, 0.1) is 13.8 Å². The van der Waals surface area contributed by atoms with Gasteiger partial charge in [-0.3, -0.25) is 4.79 Å². The molecule has 4 heteroatoms. The monoisotopic (exact) mass is 279 g/mol. The van der Waals surface area contributed by atoms with E-state index in [1.807, 2.05) is 54.9 Å². The maximum absolute atomic E-state index is 12.2. The van der Waals surface area contributed by atoms with E-state index in [1.54, 1.807) is 12.1 Å². The maximum Gasteiger partial charge on any atom is 0.251 e. The van der Waals surface area contributed by atoms with Crippen LogP contribution in [0.5, 0.6) is 0 Å². The highest BCUT2D eigenvalue weighted by atomic mass is 16.1. The van der Waals surface area contributed by atoms with E-state index in [4.69, 9.17) is 0 Å². The molecule has 3 aromatic rings. The summed E-state index contributed by atoms with van der Waals surface area (Å²) in [5, 5.41) is 2.93. The van der Waals surface area contributed by atoms with Crippen LogP contribution in [0.4, 0.5) is 0 Å². The molecule has 0 radical (unpaired) electrons. The van der Waals surface area contributed by atoms with Crippen molar-refractivity contribution in [3.8, 4) is 0 Å². The van der Waals surface area contributed by atoms with Gasteiger partial charge >= 0.3 is 0 Å². The lowest BCUT2D eigenvalue weighted by Gasteiger charge is -2.06. The topological polar surface area (TPSA) is 46.4 Å². The van der Waals surface area contributed by atoms with E-state index in [-0.39, 0.29) is 5.91 Å². The molecule has 1 N–H and O–H groups in total. The van der Waals surface area contributed by atoms with Gasteiger partial charge in [0.1, 0.15) is 5.65 Å². The Morgan fingerprint density at radius 3 is 2.71 bits per heavy atom. The predicted octanol–water partition coefficient (Wildman–Crippen LogP) is 2.88. The van der Waals surface area contributed by atoms with Gasteiger partial charge in [-0.25, -0.2) is 4.98 Å². The number of pyridine rings is 1. The summed E-state index contributed by atoms with van der Waals surface area (Å²) in [6.45, 7) is 4.51. The van der Waals surface area contributed by atoms with Crippen molar-refractivity contribution < 1.29 is 4.79 Å². The number of nitrogens with zero attached hydrogens (tertiary/aromatic N) is 2. The lowest BCUT2D eigenvalue weighted by atomic mass is 10.1. The average Bonchev–Trinajstić information content (AvgIpc) is 2.85. The first-order valence-corrected chi connectivity index (χ1v) is 6.91. The second-order valence-electron chi connectivity index (χ2n) is 5.23. The Kier molecular flexibility index (Phi) is 3.44. The van der Waals surface area contributed by atoms with Crippen LogP contribution in [0.2, 0.25) is 0 Å². The summed E-state index contributed by atoms with van der Waals surface area (Å²) >= 11 is 0. The average molecular weight is 279 g/mol. The summed E-state index contributed by atoms with van der Waals surface area (Å²) < 4.78 is 1.91. The van der Waals surface area contributed by atoms with Crippen molar-refractivity contribution in [1.82, 2.24) is 14.7 Å². The van der Waals surface area contributed by atoms with Crippen molar-refractivity contribution in [1.29, 1.82) is 0 Å². The molecule has 3 rings (SSSR count). The fraction of sp³-hybridized carbons (Fsp3) is 0.176. The van der Waals surface area contributed by atoms with Crippen molar-refractivity contribution in [3.63, 3.8) is 0 Å². The largest absolute Gasteiger partial charge is 0.348 e. The zero-order chi connectivity index (χ0) is 14.8. The molecule has 0 bridgehead atoms. The van der Waals surface area contributed by atoms with Crippen molar-refractivity contribution >= 4 is 11.6 Å². The van der Waals surface area contributed by atoms with Gasteiger partial charge in [-0.05, 0) is 31.5 Å². The summed E-state index contributed by atoms with van der Waals surface area (Å²) in [6.07, 6.45) is 3.79. The fourth-order valence-corrected chi connectivity index (χ4v) is 2.24. The van der Waals surface area contributed by atoms with Crippen molar-refractivity contribution in [2.45, 2.75) is 20.4 Å². The first kappa shape index (κ1) is 13.4. The molecular formula is C17H17N3O. The SMILES string of the molecule is Cc1ccc(CNC(=O)c2ccn3cc(C)nc3c2)cc1. The second-order valence-corrected chi connectivity index (χ2v) is 5.23. The standard InChI is InChI=1S/C17H17N3O/c1-12-3-5-14(6-4-12)10-18-17(21)15-7-8-20-11-13(2)19-16(20)9-15/h3-9,11H,10H2,1-2H3,(H,18,21). The van der Waals surface area contributed by atoms with E-state index in [9.17, 15) is 4.79 Å². The molecule has 4 nitrogen and oxygen atoms in total. The van der Waals surface area contributed by atoms with Gasteiger partial charge in [0.25, 0.3) is 5.91 Å². The molecule has 0 unspecified atom stereocenters. The van der Waals surface area contributed by atoms with E-state index in [2.05, 4.69) is 10.3 Å². The third-order valence-corrected chi connectivity index (χ3v) is 3.42. The molecule has 1 amide bonds. The highest BCUT2D eigenvalue weighted by Gasteiger charge is 2.07. The number of nitrogens with one attached hydrogen (secondary N) is 1. The molecule has 21 heavy (non-hydrogen) atoms. The Labute approximate surface area is 123 Å². The molecule has 0 saturated heterocycles. The highest BCUT2D eigenvalue weighted by molar-refractivity contribution is 5.94. The van der Waals surface area contributed by atoms with Crippen LogP contribution in [0.3, 0.4) is 0 Å². The molecule has 2 heterocycles. The summed E-state index contributed by atoms with van der Waals surface area (Å²) in [7, 11) is 0. The molecule has 0 aliphatic heterocycles. The number of carbonyl (C=O) groups is 1. The quantitative estimate of drug-likeness (QED) is 0.801. The summed E-state index contributed by atoms with van der Waals surface area (Å²) in [5.41, 5.74) is 4.65. The number of carbonyl (C=O) groups excluding carboxylic acids is 1. The van der Waals surface area contributed by atoms with Gasteiger partial charge in [-0.1, -0.05) is 29.8 Å². The van der Waals surface area contributed by atoms with Crippen LogP contribution in [0.25, 0.3) is 5.65 Å². The molecule has 0 aliphatic carbocycles. The molecule has 0 saturated carbocycles. The lowest BCUT2D eigenvalue weighted by molar-refractivity contribution is 0.0951. The maximum atomic E-state index is 12.2. The Bertz CT molecular complexity index is 787. The second kappa shape index (κ2) is 5.40. The van der Waals surface area contributed by atoms with Crippen LogP contribution in [0.15, 0.2) is 48.8 Å². The number of amides is 1. The molecular weight excluding hydrogens is 262 g/mol. The van der Waals surface area contributed by atoms with E-state index in [1.165, 1.54) is 5.56 Å². The molecule has 0 fully saturated rings. The Morgan fingerprint density at radius 2 is 1.95 bits per heavy atom. The molecule has 0 spiro atoms. The minimum atomic E-state index is -0.0845. The first-order valence-electron chi connectivity index (χ1n) is 6.91. The van der Waals surface area contributed by atoms with Crippen molar-refractivity contribution in [3.05, 3.63) is 71.2 Å². The summed E-state index contributed by atoms with van der Waals surface area (Å²) in [4.78, 5) is 16.6. The van der Waals surface area contributed by atoms with Gasteiger partial charge in [0.05, 0.1) is 5.69 Å². The van der Waals surface area contributed by atoms with Crippen LogP contribution in [0.1, 0.15) is 27.2 Å². The lowest BCUT2D eigenvalue weighted by Crippen LogP contribution is -2.22. The number of imidazole rings is 1. The Hall–Kier alpha value is -2.62.